The Kier molecular flexibility index (Phi) is 4.77. The first-order valence-electron chi connectivity index (χ1n) is 7.18. The van der Waals surface area contributed by atoms with Gasteiger partial charge in [0.1, 0.15) is 0 Å². The van der Waals surface area contributed by atoms with Crippen LogP contribution in [0.2, 0.25) is 0 Å². The molecule has 1 aromatic heterocycles. The highest BCUT2D eigenvalue weighted by Crippen LogP contribution is 2.22. The second-order valence-corrected chi connectivity index (χ2v) is 5.45. The zero-order valence-electron chi connectivity index (χ0n) is 12.1. The topological polar surface area (TPSA) is 79.6 Å². The third-order valence-corrected chi connectivity index (χ3v) is 3.91. The number of aliphatic carboxylic acids is 1. The van der Waals surface area contributed by atoms with Crippen LogP contribution in [0.4, 0.5) is 0 Å². The normalized spacial score (nSPS) is 18.5. The van der Waals surface area contributed by atoms with E-state index in [2.05, 4.69) is 0 Å². The summed E-state index contributed by atoms with van der Waals surface area (Å²) in [5.41, 5.74) is 0.312. The molecule has 6 heteroatoms. The first-order chi connectivity index (χ1) is 9.99. The highest BCUT2D eigenvalue weighted by Gasteiger charge is 2.27. The van der Waals surface area contributed by atoms with E-state index in [0.29, 0.717) is 18.5 Å². The second-order valence-electron chi connectivity index (χ2n) is 5.45. The Morgan fingerprint density at radius 2 is 2.10 bits per heavy atom. The van der Waals surface area contributed by atoms with Gasteiger partial charge >= 0.3 is 5.97 Å². The van der Waals surface area contributed by atoms with Crippen molar-refractivity contribution in [2.75, 3.05) is 6.54 Å². The number of piperidine rings is 1. The molecule has 0 spiro atoms. The van der Waals surface area contributed by atoms with Gasteiger partial charge in [-0.25, -0.2) is 0 Å². The number of carboxylic acid groups (broad SMARTS) is 1. The molecule has 1 atom stereocenters. The van der Waals surface area contributed by atoms with E-state index in [1.165, 1.54) is 22.9 Å². The summed E-state index contributed by atoms with van der Waals surface area (Å²) in [6, 6.07) is 2.89. The fourth-order valence-corrected chi connectivity index (χ4v) is 2.74. The van der Waals surface area contributed by atoms with Crippen molar-refractivity contribution in [3.63, 3.8) is 0 Å². The van der Waals surface area contributed by atoms with Gasteiger partial charge in [0.05, 0.1) is 5.56 Å². The quantitative estimate of drug-likeness (QED) is 0.905. The van der Waals surface area contributed by atoms with Gasteiger partial charge in [-0.3, -0.25) is 14.4 Å². The minimum absolute atomic E-state index is 0.0282. The Morgan fingerprint density at radius 1 is 1.33 bits per heavy atom. The molecule has 1 aliphatic rings. The predicted octanol–water partition coefficient (Wildman–Crippen LogP) is 1.24. The maximum Gasteiger partial charge on any atom is 0.303 e. The molecule has 1 aromatic rings. The SMILES string of the molecule is Cn1cc(C(=O)N2CCCC[C@H]2CCC(=O)O)ccc1=O. The zero-order valence-corrected chi connectivity index (χ0v) is 12.1. The van der Waals surface area contributed by atoms with E-state index in [-0.39, 0.29) is 23.9 Å². The number of pyridine rings is 1. The molecule has 21 heavy (non-hydrogen) atoms. The van der Waals surface area contributed by atoms with Crippen LogP contribution in [0.3, 0.4) is 0 Å². The van der Waals surface area contributed by atoms with Crippen molar-refractivity contribution in [3.05, 3.63) is 34.2 Å². The standard InChI is InChI=1S/C15H20N2O4/c1-16-10-11(5-7-13(16)18)15(21)17-9-3-2-4-12(17)6-8-14(19)20/h5,7,10,12H,2-4,6,8-9H2,1H3,(H,19,20)/t12-/m0/s1. The number of amides is 1. The molecule has 114 valence electrons. The lowest BCUT2D eigenvalue weighted by Crippen LogP contribution is -2.44. The van der Waals surface area contributed by atoms with Crippen molar-refractivity contribution < 1.29 is 14.7 Å². The number of nitrogens with zero attached hydrogens (tertiary/aromatic N) is 2. The molecular weight excluding hydrogens is 272 g/mol. The van der Waals surface area contributed by atoms with Crippen LogP contribution < -0.4 is 5.56 Å². The van der Waals surface area contributed by atoms with Crippen molar-refractivity contribution in [3.8, 4) is 0 Å². The van der Waals surface area contributed by atoms with Crippen LogP contribution in [0.15, 0.2) is 23.1 Å². The van der Waals surface area contributed by atoms with Crippen molar-refractivity contribution in [2.45, 2.75) is 38.1 Å². The van der Waals surface area contributed by atoms with Crippen LogP contribution in [-0.2, 0) is 11.8 Å². The Labute approximate surface area is 123 Å². The summed E-state index contributed by atoms with van der Waals surface area (Å²) >= 11 is 0. The molecule has 0 bridgehead atoms. The van der Waals surface area contributed by atoms with Crippen molar-refractivity contribution >= 4 is 11.9 Å². The summed E-state index contributed by atoms with van der Waals surface area (Å²) in [7, 11) is 1.61. The number of carbonyl (C=O) groups is 2. The van der Waals surface area contributed by atoms with Crippen LogP contribution in [-0.4, -0.2) is 39.0 Å². The predicted molar refractivity (Wildman–Crippen MR) is 77.2 cm³/mol. The summed E-state index contributed by atoms with van der Waals surface area (Å²) in [6.45, 7) is 0.645. The molecule has 2 heterocycles. The monoisotopic (exact) mass is 292 g/mol. The smallest absolute Gasteiger partial charge is 0.303 e. The molecule has 2 rings (SSSR count). The number of carboxylic acids is 1. The summed E-state index contributed by atoms with van der Waals surface area (Å²) in [5.74, 6) is -0.962. The number of rotatable bonds is 4. The number of carbonyl (C=O) groups excluding carboxylic acids is 1. The van der Waals surface area contributed by atoms with Crippen LogP contribution in [0.25, 0.3) is 0 Å². The zero-order chi connectivity index (χ0) is 15.4. The average Bonchev–Trinajstić information content (AvgIpc) is 2.47. The van der Waals surface area contributed by atoms with Crippen LogP contribution in [0.5, 0.6) is 0 Å². The molecule has 0 saturated carbocycles. The minimum Gasteiger partial charge on any atom is -0.481 e. The van der Waals surface area contributed by atoms with E-state index in [1.54, 1.807) is 11.9 Å². The molecule has 0 aromatic carbocycles. The molecule has 0 aliphatic carbocycles. The lowest BCUT2D eigenvalue weighted by atomic mass is 9.97. The lowest BCUT2D eigenvalue weighted by molar-refractivity contribution is -0.137. The van der Waals surface area contributed by atoms with E-state index in [1.807, 2.05) is 0 Å². The molecule has 1 aliphatic heterocycles. The van der Waals surface area contributed by atoms with Gasteiger partial charge in [0.2, 0.25) is 5.56 Å². The maximum atomic E-state index is 12.6. The Morgan fingerprint density at radius 3 is 2.76 bits per heavy atom. The number of likely N-dealkylation sites (tertiary alicyclic amines) is 1. The molecule has 1 fully saturated rings. The first kappa shape index (κ1) is 15.3. The van der Waals surface area contributed by atoms with Gasteiger partial charge in [-0.2, -0.15) is 0 Å². The molecule has 0 unspecified atom stereocenters. The molecule has 1 N–H and O–H groups in total. The highest BCUT2D eigenvalue weighted by molar-refractivity contribution is 5.94. The first-order valence-corrected chi connectivity index (χ1v) is 7.18. The summed E-state index contributed by atoms with van der Waals surface area (Å²) < 4.78 is 1.38. The van der Waals surface area contributed by atoms with Crippen LogP contribution >= 0.6 is 0 Å². The Bertz CT molecular complexity index is 594. The largest absolute Gasteiger partial charge is 0.481 e. The number of aromatic nitrogens is 1. The van der Waals surface area contributed by atoms with Gasteiger partial charge in [0.15, 0.2) is 0 Å². The van der Waals surface area contributed by atoms with Gasteiger partial charge < -0.3 is 14.6 Å². The van der Waals surface area contributed by atoms with Crippen molar-refractivity contribution in [1.29, 1.82) is 0 Å². The van der Waals surface area contributed by atoms with E-state index in [0.717, 1.165) is 19.3 Å². The summed E-state index contributed by atoms with van der Waals surface area (Å²) in [4.78, 5) is 36.5. The molecule has 6 nitrogen and oxygen atoms in total. The average molecular weight is 292 g/mol. The molecule has 0 radical (unpaired) electrons. The maximum absolute atomic E-state index is 12.6. The van der Waals surface area contributed by atoms with Gasteiger partial charge in [0.25, 0.3) is 5.91 Å². The van der Waals surface area contributed by atoms with Crippen LogP contribution in [0.1, 0.15) is 42.5 Å². The van der Waals surface area contributed by atoms with E-state index in [4.69, 9.17) is 5.11 Å². The van der Waals surface area contributed by atoms with E-state index < -0.39 is 5.97 Å². The van der Waals surface area contributed by atoms with E-state index >= 15 is 0 Å². The number of aryl methyl sites for hydroxylation is 1. The van der Waals surface area contributed by atoms with Gasteiger partial charge in [-0.05, 0) is 31.7 Å². The second kappa shape index (κ2) is 6.56. The molecule has 1 amide bonds. The van der Waals surface area contributed by atoms with Gasteiger partial charge in [0, 0.05) is 38.3 Å². The van der Waals surface area contributed by atoms with Gasteiger partial charge in [-0.15, -0.1) is 0 Å². The van der Waals surface area contributed by atoms with Gasteiger partial charge in [-0.1, -0.05) is 0 Å². The molecular formula is C15H20N2O4. The molecule has 1 saturated heterocycles. The summed E-state index contributed by atoms with van der Waals surface area (Å²) in [6.07, 6.45) is 4.87. The fourth-order valence-electron chi connectivity index (χ4n) is 2.74. The fraction of sp³-hybridized carbons (Fsp3) is 0.533. The minimum atomic E-state index is -0.838. The third-order valence-electron chi connectivity index (χ3n) is 3.91. The Hall–Kier alpha value is -2.11. The third kappa shape index (κ3) is 3.71. The number of hydrogen-bond acceptors (Lipinski definition) is 3. The number of hydrogen-bond donors (Lipinski definition) is 1. The van der Waals surface area contributed by atoms with Crippen LogP contribution in [0, 0.1) is 0 Å². The van der Waals surface area contributed by atoms with E-state index in [9.17, 15) is 14.4 Å². The Balaban J connectivity index is 2.15. The summed E-state index contributed by atoms with van der Waals surface area (Å²) in [5, 5.41) is 8.81. The lowest BCUT2D eigenvalue weighted by Gasteiger charge is -2.35. The highest BCUT2D eigenvalue weighted by atomic mass is 16.4. The van der Waals surface area contributed by atoms with Crippen molar-refractivity contribution in [2.24, 2.45) is 7.05 Å². The van der Waals surface area contributed by atoms with Crippen molar-refractivity contribution in [1.82, 2.24) is 9.47 Å².